The summed E-state index contributed by atoms with van der Waals surface area (Å²) in [5.41, 5.74) is 7.23. The molecule has 0 bridgehead atoms. The van der Waals surface area contributed by atoms with Crippen LogP contribution in [0.5, 0.6) is 0 Å². The van der Waals surface area contributed by atoms with Gasteiger partial charge in [0.2, 0.25) is 0 Å². The van der Waals surface area contributed by atoms with Gasteiger partial charge < -0.3 is 5.73 Å². The van der Waals surface area contributed by atoms with Gasteiger partial charge in [-0.1, -0.05) is 12.1 Å². The van der Waals surface area contributed by atoms with E-state index in [1.165, 1.54) is 12.1 Å². The molecule has 0 saturated carbocycles. The lowest BCUT2D eigenvalue weighted by atomic mass is 10.0. The van der Waals surface area contributed by atoms with E-state index in [9.17, 15) is 17.6 Å². The maximum absolute atomic E-state index is 13.9. The van der Waals surface area contributed by atoms with Crippen molar-refractivity contribution in [3.63, 3.8) is 0 Å². The molecule has 1 unspecified atom stereocenters. The van der Waals surface area contributed by atoms with Crippen molar-refractivity contribution in [2.45, 2.75) is 19.0 Å². The third-order valence-electron chi connectivity index (χ3n) is 4.28. The van der Waals surface area contributed by atoms with E-state index in [0.29, 0.717) is 18.5 Å². The molecule has 1 aliphatic rings. The predicted molar refractivity (Wildman–Crippen MR) is 78.6 cm³/mol. The monoisotopic (exact) mass is 324 g/mol. The van der Waals surface area contributed by atoms with E-state index in [0.717, 1.165) is 11.6 Å². The van der Waals surface area contributed by atoms with Gasteiger partial charge in [-0.2, -0.15) is 0 Å². The maximum Gasteiger partial charge on any atom is 0.194 e. The molecule has 0 fully saturated rings. The average molecular weight is 324 g/mol. The van der Waals surface area contributed by atoms with Gasteiger partial charge >= 0.3 is 0 Å². The largest absolute Gasteiger partial charge is 0.329 e. The second-order valence-corrected chi connectivity index (χ2v) is 5.65. The van der Waals surface area contributed by atoms with Crippen molar-refractivity contribution in [2.75, 3.05) is 13.1 Å². The highest BCUT2D eigenvalue weighted by atomic mass is 19.2. The first-order valence-electron chi connectivity index (χ1n) is 7.36. The second-order valence-electron chi connectivity index (χ2n) is 5.65. The van der Waals surface area contributed by atoms with Gasteiger partial charge in [-0.3, -0.25) is 4.90 Å². The summed E-state index contributed by atoms with van der Waals surface area (Å²) in [6.07, 6.45) is 0.608. The van der Waals surface area contributed by atoms with E-state index in [-0.39, 0.29) is 30.5 Å². The number of nitrogens with two attached hydrogens (primary N) is 1. The van der Waals surface area contributed by atoms with Gasteiger partial charge in [-0.05, 0) is 35.7 Å². The fraction of sp³-hybridized carbons (Fsp3) is 0.294. The number of fused-ring (bicyclic) bond motifs is 1. The SMILES string of the molecule is NCC1c2cc(F)c(F)c(F)c2CN1CCc1ccc(F)cc1. The minimum absolute atomic E-state index is 0.165. The van der Waals surface area contributed by atoms with E-state index < -0.39 is 17.5 Å². The highest BCUT2D eigenvalue weighted by Gasteiger charge is 2.33. The fourth-order valence-electron chi connectivity index (χ4n) is 3.05. The number of halogens is 4. The molecule has 1 aliphatic heterocycles. The summed E-state index contributed by atoms with van der Waals surface area (Å²) in [5.74, 6) is -4.09. The lowest BCUT2D eigenvalue weighted by Gasteiger charge is -2.23. The Morgan fingerprint density at radius 3 is 2.39 bits per heavy atom. The van der Waals surface area contributed by atoms with Crippen molar-refractivity contribution >= 4 is 0 Å². The number of benzene rings is 2. The first-order chi connectivity index (χ1) is 11.0. The second kappa shape index (κ2) is 6.29. The van der Waals surface area contributed by atoms with E-state index in [1.54, 1.807) is 12.1 Å². The van der Waals surface area contributed by atoms with Crippen LogP contribution in [0.25, 0.3) is 0 Å². The standard InChI is InChI=1S/C17H16F4N2/c18-11-3-1-10(2-4-11)5-6-23-9-13-12(15(23)8-22)7-14(19)17(21)16(13)20/h1-4,7,15H,5-6,8-9,22H2. The van der Waals surface area contributed by atoms with Gasteiger partial charge in [0.25, 0.3) is 0 Å². The van der Waals surface area contributed by atoms with Gasteiger partial charge in [0.15, 0.2) is 17.5 Å². The van der Waals surface area contributed by atoms with Crippen LogP contribution in [-0.2, 0) is 13.0 Å². The Kier molecular flexibility index (Phi) is 4.37. The number of hydrogen-bond donors (Lipinski definition) is 1. The minimum Gasteiger partial charge on any atom is -0.329 e. The molecule has 122 valence electrons. The Hall–Kier alpha value is -1.92. The van der Waals surface area contributed by atoms with Crippen LogP contribution in [0.4, 0.5) is 17.6 Å². The third kappa shape index (κ3) is 2.96. The van der Waals surface area contributed by atoms with E-state index in [2.05, 4.69) is 0 Å². The van der Waals surface area contributed by atoms with E-state index in [1.807, 2.05) is 4.90 Å². The molecule has 3 rings (SSSR count). The molecule has 0 spiro atoms. The molecule has 0 saturated heterocycles. The van der Waals surface area contributed by atoms with E-state index in [4.69, 9.17) is 5.73 Å². The van der Waals surface area contributed by atoms with Crippen LogP contribution in [-0.4, -0.2) is 18.0 Å². The topological polar surface area (TPSA) is 29.3 Å². The highest BCUT2D eigenvalue weighted by molar-refractivity contribution is 5.37. The zero-order chi connectivity index (χ0) is 16.6. The summed E-state index contributed by atoms with van der Waals surface area (Å²) in [4.78, 5) is 1.88. The molecule has 0 aliphatic carbocycles. The van der Waals surface area contributed by atoms with Crippen molar-refractivity contribution in [2.24, 2.45) is 5.73 Å². The summed E-state index contributed by atoms with van der Waals surface area (Å²) in [6.45, 7) is 0.896. The van der Waals surface area contributed by atoms with Crippen molar-refractivity contribution in [1.29, 1.82) is 0 Å². The van der Waals surface area contributed by atoms with Crippen LogP contribution in [0.15, 0.2) is 30.3 Å². The van der Waals surface area contributed by atoms with Crippen molar-refractivity contribution in [1.82, 2.24) is 4.90 Å². The average Bonchev–Trinajstić information content (AvgIpc) is 2.90. The predicted octanol–water partition coefficient (Wildman–Crippen LogP) is 3.30. The lowest BCUT2D eigenvalue weighted by Crippen LogP contribution is -2.29. The summed E-state index contributed by atoms with van der Waals surface area (Å²) in [6, 6.07) is 6.78. The van der Waals surface area contributed by atoms with Crippen LogP contribution in [0, 0.1) is 23.3 Å². The summed E-state index contributed by atoms with van der Waals surface area (Å²) in [7, 11) is 0. The zero-order valence-electron chi connectivity index (χ0n) is 12.3. The third-order valence-corrected chi connectivity index (χ3v) is 4.28. The van der Waals surface area contributed by atoms with Crippen LogP contribution < -0.4 is 5.73 Å². The Bertz CT molecular complexity index is 716. The Balaban J connectivity index is 1.79. The smallest absolute Gasteiger partial charge is 0.194 e. The van der Waals surface area contributed by atoms with Crippen molar-refractivity contribution in [3.05, 3.63) is 70.3 Å². The highest BCUT2D eigenvalue weighted by Crippen LogP contribution is 2.36. The molecule has 1 atom stereocenters. The molecule has 2 nitrogen and oxygen atoms in total. The minimum atomic E-state index is -1.44. The fourth-order valence-corrected chi connectivity index (χ4v) is 3.05. The molecule has 2 N–H and O–H groups in total. The van der Waals surface area contributed by atoms with Crippen LogP contribution >= 0.6 is 0 Å². The maximum atomic E-state index is 13.9. The summed E-state index contributed by atoms with van der Waals surface area (Å²) >= 11 is 0. The molecule has 1 heterocycles. The number of hydrogen-bond acceptors (Lipinski definition) is 2. The van der Waals surface area contributed by atoms with Crippen molar-refractivity contribution in [3.8, 4) is 0 Å². The Labute approximate surface area is 131 Å². The molecule has 0 amide bonds. The summed E-state index contributed by atoms with van der Waals surface area (Å²) in [5, 5.41) is 0. The number of nitrogens with zero attached hydrogens (tertiary/aromatic N) is 1. The molecule has 0 radical (unpaired) electrons. The van der Waals surface area contributed by atoms with Crippen LogP contribution in [0.2, 0.25) is 0 Å². The van der Waals surface area contributed by atoms with Crippen molar-refractivity contribution < 1.29 is 17.6 Å². The van der Waals surface area contributed by atoms with Crippen LogP contribution in [0.3, 0.4) is 0 Å². The molecule has 0 aromatic heterocycles. The molecular weight excluding hydrogens is 308 g/mol. The van der Waals surface area contributed by atoms with E-state index >= 15 is 0 Å². The van der Waals surface area contributed by atoms with Gasteiger partial charge in [-0.25, -0.2) is 17.6 Å². The molecule has 2 aromatic rings. The molecular formula is C17H16F4N2. The zero-order valence-corrected chi connectivity index (χ0v) is 12.3. The normalized spacial score (nSPS) is 17.5. The first kappa shape index (κ1) is 16.0. The number of rotatable bonds is 4. The van der Waals surface area contributed by atoms with Gasteiger partial charge in [0.1, 0.15) is 5.82 Å². The first-order valence-corrected chi connectivity index (χ1v) is 7.36. The molecule has 6 heteroatoms. The Morgan fingerprint density at radius 2 is 1.74 bits per heavy atom. The molecule has 23 heavy (non-hydrogen) atoms. The van der Waals surface area contributed by atoms with Gasteiger partial charge in [-0.15, -0.1) is 0 Å². The summed E-state index contributed by atoms with van der Waals surface area (Å²) < 4.78 is 53.7. The lowest BCUT2D eigenvalue weighted by molar-refractivity contribution is 0.221. The molecule has 2 aromatic carbocycles. The quantitative estimate of drug-likeness (QED) is 0.691. The Morgan fingerprint density at radius 1 is 1.04 bits per heavy atom. The van der Waals surface area contributed by atoms with Gasteiger partial charge in [0.05, 0.1) is 0 Å². The van der Waals surface area contributed by atoms with Gasteiger partial charge in [0, 0.05) is 31.2 Å². The van der Waals surface area contributed by atoms with Crippen LogP contribution in [0.1, 0.15) is 22.7 Å².